The summed E-state index contributed by atoms with van der Waals surface area (Å²) in [6.07, 6.45) is 0. The van der Waals surface area contributed by atoms with Crippen molar-refractivity contribution in [1.29, 1.82) is 5.41 Å². The van der Waals surface area contributed by atoms with Crippen molar-refractivity contribution in [3.8, 4) is 0 Å². The topological polar surface area (TPSA) is 35.9 Å². The van der Waals surface area contributed by atoms with Gasteiger partial charge in [0.15, 0.2) is 0 Å². The molecule has 0 fully saturated rings. The van der Waals surface area contributed by atoms with Crippen LogP contribution in [-0.4, -0.2) is 5.84 Å². The molecule has 4 aromatic carbocycles. The van der Waals surface area contributed by atoms with E-state index in [0.29, 0.717) is 5.84 Å². The third kappa shape index (κ3) is 2.44. The first-order valence-electron chi connectivity index (χ1n) is 7.64. The molecular formula is C21H16N2. The fourth-order valence-corrected chi connectivity index (χ4v) is 2.98. The van der Waals surface area contributed by atoms with Gasteiger partial charge < -0.3 is 5.32 Å². The predicted octanol–water partition coefficient (Wildman–Crippen LogP) is 5.43. The lowest BCUT2D eigenvalue weighted by molar-refractivity contribution is 1.46. The Hall–Kier alpha value is -3.13. The maximum absolute atomic E-state index is 8.51. The lowest BCUT2D eigenvalue weighted by Gasteiger charge is -2.13. The van der Waals surface area contributed by atoms with E-state index in [9.17, 15) is 0 Å². The number of rotatable bonds is 2. The minimum atomic E-state index is 0.415. The van der Waals surface area contributed by atoms with Crippen LogP contribution in [0.1, 0.15) is 5.56 Å². The van der Waals surface area contributed by atoms with Crippen LogP contribution in [0.25, 0.3) is 21.5 Å². The fourth-order valence-electron chi connectivity index (χ4n) is 2.98. The lowest BCUT2D eigenvalue weighted by Crippen LogP contribution is -2.12. The third-order valence-electron chi connectivity index (χ3n) is 4.11. The second-order valence-electron chi connectivity index (χ2n) is 5.55. The summed E-state index contributed by atoms with van der Waals surface area (Å²) in [7, 11) is 0. The van der Waals surface area contributed by atoms with Gasteiger partial charge in [-0.2, -0.15) is 0 Å². The Labute approximate surface area is 134 Å². The molecule has 0 saturated heterocycles. The molecule has 0 spiro atoms. The van der Waals surface area contributed by atoms with Gasteiger partial charge in [0.1, 0.15) is 5.84 Å². The summed E-state index contributed by atoms with van der Waals surface area (Å²) in [5.41, 5.74) is 1.87. The average molecular weight is 296 g/mol. The van der Waals surface area contributed by atoms with Crippen molar-refractivity contribution in [1.82, 2.24) is 0 Å². The summed E-state index contributed by atoms with van der Waals surface area (Å²) >= 11 is 0. The summed E-state index contributed by atoms with van der Waals surface area (Å²) in [5.74, 6) is 0.415. The van der Waals surface area contributed by atoms with E-state index in [1.807, 2.05) is 48.5 Å². The van der Waals surface area contributed by atoms with Crippen LogP contribution < -0.4 is 5.32 Å². The van der Waals surface area contributed by atoms with E-state index in [0.717, 1.165) is 27.4 Å². The minimum absolute atomic E-state index is 0.415. The first-order chi connectivity index (χ1) is 11.3. The SMILES string of the molecule is N=C(Nc1cccc2ccccc12)c1cccc2ccccc12. The summed E-state index contributed by atoms with van der Waals surface area (Å²) in [6, 6.07) is 28.6. The second kappa shape index (κ2) is 5.58. The molecule has 0 heterocycles. The number of hydrogen-bond donors (Lipinski definition) is 2. The van der Waals surface area contributed by atoms with Crippen LogP contribution >= 0.6 is 0 Å². The number of amidine groups is 1. The predicted molar refractivity (Wildman–Crippen MR) is 98.3 cm³/mol. The molecule has 0 atom stereocenters. The molecule has 4 rings (SSSR count). The largest absolute Gasteiger partial charge is 0.340 e. The fraction of sp³-hybridized carbons (Fsp3) is 0. The van der Waals surface area contributed by atoms with E-state index in [2.05, 4.69) is 41.7 Å². The van der Waals surface area contributed by atoms with Crippen molar-refractivity contribution in [3.05, 3.63) is 90.5 Å². The molecule has 110 valence electrons. The monoisotopic (exact) mass is 296 g/mol. The van der Waals surface area contributed by atoms with E-state index in [1.54, 1.807) is 0 Å². The molecule has 0 amide bonds. The van der Waals surface area contributed by atoms with Gasteiger partial charge in [-0.3, -0.25) is 5.41 Å². The Morgan fingerprint density at radius 3 is 1.96 bits per heavy atom. The molecule has 0 aliphatic rings. The highest BCUT2D eigenvalue weighted by Crippen LogP contribution is 2.25. The Morgan fingerprint density at radius 2 is 1.17 bits per heavy atom. The van der Waals surface area contributed by atoms with Gasteiger partial charge in [-0.05, 0) is 22.2 Å². The van der Waals surface area contributed by atoms with Gasteiger partial charge in [0.2, 0.25) is 0 Å². The molecule has 0 saturated carbocycles. The Morgan fingerprint density at radius 1 is 0.609 bits per heavy atom. The van der Waals surface area contributed by atoms with Crippen LogP contribution in [0, 0.1) is 5.41 Å². The van der Waals surface area contributed by atoms with Crippen LogP contribution in [0.4, 0.5) is 5.69 Å². The Kier molecular flexibility index (Phi) is 3.28. The van der Waals surface area contributed by atoms with Crippen LogP contribution in [0.15, 0.2) is 84.9 Å². The van der Waals surface area contributed by atoms with E-state index in [1.165, 1.54) is 5.39 Å². The van der Waals surface area contributed by atoms with Crippen molar-refractivity contribution in [2.75, 3.05) is 5.32 Å². The molecule has 0 aliphatic heterocycles. The van der Waals surface area contributed by atoms with Gasteiger partial charge in [-0.1, -0.05) is 78.9 Å². The first kappa shape index (κ1) is 13.5. The van der Waals surface area contributed by atoms with Crippen LogP contribution in [-0.2, 0) is 0 Å². The van der Waals surface area contributed by atoms with Gasteiger partial charge in [0.25, 0.3) is 0 Å². The zero-order chi connectivity index (χ0) is 15.6. The highest BCUT2D eigenvalue weighted by Gasteiger charge is 2.08. The second-order valence-corrected chi connectivity index (χ2v) is 5.55. The van der Waals surface area contributed by atoms with Crippen molar-refractivity contribution in [3.63, 3.8) is 0 Å². The Bertz CT molecular complexity index is 1010. The van der Waals surface area contributed by atoms with Crippen LogP contribution in [0.3, 0.4) is 0 Å². The number of fused-ring (bicyclic) bond motifs is 2. The summed E-state index contributed by atoms with van der Waals surface area (Å²) in [4.78, 5) is 0. The number of nitrogens with one attached hydrogen (secondary N) is 2. The average Bonchev–Trinajstić information content (AvgIpc) is 2.61. The lowest BCUT2D eigenvalue weighted by atomic mass is 10.0. The summed E-state index contributed by atoms with van der Waals surface area (Å²) in [5, 5.41) is 16.3. The standard InChI is InChI=1S/C21H16N2/c22-21(19-13-5-9-15-7-1-3-11-17(15)19)23-20-14-6-10-16-8-2-4-12-18(16)20/h1-14H,(H2,22,23). The highest BCUT2D eigenvalue weighted by molar-refractivity contribution is 6.16. The van der Waals surface area contributed by atoms with Crippen molar-refractivity contribution in [2.24, 2.45) is 0 Å². The van der Waals surface area contributed by atoms with Gasteiger partial charge in [-0.15, -0.1) is 0 Å². The normalized spacial score (nSPS) is 10.8. The van der Waals surface area contributed by atoms with Crippen molar-refractivity contribution < 1.29 is 0 Å². The molecule has 2 N–H and O–H groups in total. The zero-order valence-corrected chi connectivity index (χ0v) is 12.6. The molecule has 23 heavy (non-hydrogen) atoms. The molecule has 0 unspecified atom stereocenters. The van der Waals surface area contributed by atoms with Crippen LogP contribution in [0.5, 0.6) is 0 Å². The summed E-state index contributed by atoms with van der Waals surface area (Å²) in [6.45, 7) is 0. The number of benzene rings is 4. The number of hydrogen-bond acceptors (Lipinski definition) is 1. The van der Waals surface area contributed by atoms with Crippen molar-refractivity contribution >= 4 is 33.1 Å². The van der Waals surface area contributed by atoms with Gasteiger partial charge >= 0.3 is 0 Å². The highest BCUT2D eigenvalue weighted by atomic mass is 14.9. The quantitative estimate of drug-likeness (QED) is 0.375. The first-order valence-corrected chi connectivity index (χ1v) is 7.64. The third-order valence-corrected chi connectivity index (χ3v) is 4.11. The summed E-state index contributed by atoms with van der Waals surface area (Å²) < 4.78 is 0. The Balaban J connectivity index is 1.77. The van der Waals surface area contributed by atoms with E-state index in [4.69, 9.17) is 5.41 Å². The minimum Gasteiger partial charge on any atom is -0.340 e. The van der Waals surface area contributed by atoms with Gasteiger partial charge in [-0.25, -0.2) is 0 Å². The maximum atomic E-state index is 8.51. The van der Waals surface area contributed by atoms with E-state index >= 15 is 0 Å². The molecule has 2 nitrogen and oxygen atoms in total. The molecule has 0 radical (unpaired) electrons. The molecule has 2 heteroatoms. The molecular weight excluding hydrogens is 280 g/mol. The van der Waals surface area contributed by atoms with Crippen LogP contribution in [0.2, 0.25) is 0 Å². The smallest absolute Gasteiger partial charge is 0.130 e. The van der Waals surface area contributed by atoms with Gasteiger partial charge in [0.05, 0.1) is 0 Å². The molecule has 0 bridgehead atoms. The molecule has 4 aromatic rings. The van der Waals surface area contributed by atoms with Gasteiger partial charge in [0, 0.05) is 16.6 Å². The van der Waals surface area contributed by atoms with Crippen molar-refractivity contribution in [2.45, 2.75) is 0 Å². The zero-order valence-electron chi connectivity index (χ0n) is 12.6. The number of anilines is 1. The van der Waals surface area contributed by atoms with E-state index < -0.39 is 0 Å². The molecule has 0 aliphatic carbocycles. The maximum Gasteiger partial charge on any atom is 0.130 e. The van der Waals surface area contributed by atoms with E-state index in [-0.39, 0.29) is 0 Å². The molecule has 0 aromatic heterocycles.